The molecule has 25 heavy (non-hydrogen) atoms. The minimum absolute atomic E-state index is 0.0396. The van der Waals surface area contributed by atoms with Gasteiger partial charge in [0.15, 0.2) is 0 Å². The topological polar surface area (TPSA) is 74.3 Å². The van der Waals surface area contributed by atoms with Gasteiger partial charge in [-0.1, -0.05) is 18.2 Å². The molecule has 2 N–H and O–H groups in total. The number of carbonyl (C=O) groups is 2. The molecule has 2 aromatic rings. The number of rotatable bonds is 4. The predicted molar refractivity (Wildman–Crippen MR) is 96.1 cm³/mol. The zero-order valence-electron chi connectivity index (χ0n) is 14.3. The van der Waals surface area contributed by atoms with Gasteiger partial charge in [0.25, 0.3) is 0 Å². The summed E-state index contributed by atoms with van der Waals surface area (Å²) in [5, 5.41) is 5.67. The minimum Gasteiger partial charge on any atom is -0.332 e. The fourth-order valence-electron chi connectivity index (χ4n) is 3.16. The van der Waals surface area contributed by atoms with Crippen molar-refractivity contribution < 1.29 is 9.59 Å². The fraction of sp³-hybridized carbons (Fsp3) is 0.316. The third kappa shape index (κ3) is 3.79. The van der Waals surface area contributed by atoms with Crippen molar-refractivity contribution in [2.75, 3.05) is 4.90 Å². The van der Waals surface area contributed by atoms with E-state index >= 15 is 0 Å². The maximum Gasteiger partial charge on any atom is 0.315 e. The second-order valence-electron chi connectivity index (χ2n) is 6.30. The van der Waals surface area contributed by atoms with Crippen molar-refractivity contribution in [2.45, 2.75) is 38.4 Å². The molecular weight excluding hydrogens is 316 g/mol. The Bertz CT molecular complexity index is 736. The number of para-hydroxylation sites is 1. The number of nitrogens with one attached hydrogen (secondary N) is 2. The SMILES string of the molecule is C[C@H](NC(=O)N[C@H]1C[C@H](C)N(c2ccccc2)C1=O)c1ccncc1. The Morgan fingerprint density at radius 3 is 2.56 bits per heavy atom. The first-order valence-corrected chi connectivity index (χ1v) is 8.41. The van der Waals surface area contributed by atoms with Crippen LogP contribution in [0.4, 0.5) is 10.5 Å². The number of pyridine rings is 1. The maximum atomic E-state index is 12.7. The van der Waals surface area contributed by atoms with Gasteiger partial charge in [0.2, 0.25) is 5.91 Å². The molecule has 1 fully saturated rings. The normalized spacial score (nSPS) is 21.0. The van der Waals surface area contributed by atoms with E-state index in [-0.39, 0.29) is 24.0 Å². The van der Waals surface area contributed by atoms with Crippen molar-refractivity contribution >= 4 is 17.6 Å². The number of hydrogen-bond acceptors (Lipinski definition) is 3. The monoisotopic (exact) mass is 338 g/mol. The van der Waals surface area contributed by atoms with Gasteiger partial charge in [0.1, 0.15) is 6.04 Å². The van der Waals surface area contributed by atoms with Gasteiger partial charge >= 0.3 is 6.03 Å². The summed E-state index contributed by atoms with van der Waals surface area (Å²) >= 11 is 0. The molecule has 0 radical (unpaired) electrons. The zero-order valence-corrected chi connectivity index (χ0v) is 14.3. The summed E-state index contributed by atoms with van der Waals surface area (Å²) < 4.78 is 0. The minimum atomic E-state index is -0.514. The largest absolute Gasteiger partial charge is 0.332 e. The summed E-state index contributed by atoms with van der Waals surface area (Å²) in [4.78, 5) is 30.7. The van der Waals surface area contributed by atoms with Gasteiger partial charge < -0.3 is 15.5 Å². The lowest BCUT2D eigenvalue weighted by Gasteiger charge is -2.21. The molecule has 3 amide bonds. The van der Waals surface area contributed by atoms with E-state index in [0.29, 0.717) is 6.42 Å². The van der Waals surface area contributed by atoms with Crippen LogP contribution < -0.4 is 15.5 Å². The van der Waals surface area contributed by atoms with E-state index in [2.05, 4.69) is 15.6 Å². The first-order chi connectivity index (χ1) is 12.1. The van der Waals surface area contributed by atoms with Crippen molar-refractivity contribution in [2.24, 2.45) is 0 Å². The van der Waals surface area contributed by atoms with Crippen LogP contribution in [0, 0.1) is 0 Å². The Hall–Kier alpha value is -2.89. The summed E-state index contributed by atoms with van der Waals surface area (Å²) in [5.41, 5.74) is 1.82. The van der Waals surface area contributed by atoms with Gasteiger partial charge in [-0.05, 0) is 50.1 Å². The van der Waals surface area contributed by atoms with Gasteiger partial charge in [-0.3, -0.25) is 9.78 Å². The molecule has 0 saturated carbocycles. The van der Waals surface area contributed by atoms with E-state index in [4.69, 9.17) is 0 Å². The number of nitrogens with zero attached hydrogens (tertiary/aromatic N) is 2. The van der Waals surface area contributed by atoms with Gasteiger partial charge in [-0.25, -0.2) is 4.79 Å². The van der Waals surface area contributed by atoms with Crippen LogP contribution in [0.25, 0.3) is 0 Å². The molecule has 1 aromatic carbocycles. The molecule has 6 nitrogen and oxygen atoms in total. The standard InChI is InChI=1S/C19H22N4O2/c1-13-12-17(18(24)23(13)16-6-4-3-5-7-16)22-19(25)21-14(2)15-8-10-20-11-9-15/h3-11,13-14,17H,12H2,1-2H3,(H2,21,22,25)/t13-,14-,17-/m0/s1. The lowest BCUT2D eigenvalue weighted by atomic mass is 10.1. The molecule has 1 aliphatic heterocycles. The molecule has 6 heteroatoms. The number of anilines is 1. The van der Waals surface area contributed by atoms with Crippen LogP contribution in [-0.2, 0) is 4.79 Å². The predicted octanol–water partition coefficient (Wildman–Crippen LogP) is 2.64. The highest BCUT2D eigenvalue weighted by atomic mass is 16.2. The van der Waals surface area contributed by atoms with E-state index in [1.807, 2.05) is 56.3 Å². The van der Waals surface area contributed by atoms with Crippen LogP contribution in [0.5, 0.6) is 0 Å². The van der Waals surface area contributed by atoms with Crippen molar-refractivity contribution in [1.29, 1.82) is 0 Å². The molecule has 0 bridgehead atoms. The highest BCUT2D eigenvalue weighted by Gasteiger charge is 2.38. The van der Waals surface area contributed by atoms with Crippen LogP contribution in [0.2, 0.25) is 0 Å². The van der Waals surface area contributed by atoms with Crippen molar-refractivity contribution in [3.63, 3.8) is 0 Å². The molecule has 2 heterocycles. The first-order valence-electron chi connectivity index (χ1n) is 8.41. The maximum absolute atomic E-state index is 12.7. The Morgan fingerprint density at radius 2 is 1.88 bits per heavy atom. The molecule has 0 unspecified atom stereocenters. The lowest BCUT2D eigenvalue weighted by molar-refractivity contribution is -0.118. The average Bonchev–Trinajstić information content (AvgIpc) is 2.89. The van der Waals surface area contributed by atoms with Crippen molar-refractivity contribution in [3.8, 4) is 0 Å². The molecule has 3 rings (SSSR count). The average molecular weight is 338 g/mol. The molecule has 3 atom stereocenters. The van der Waals surface area contributed by atoms with E-state index < -0.39 is 6.04 Å². The first kappa shape index (κ1) is 17.0. The van der Waals surface area contributed by atoms with Crippen LogP contribution in [0.1, 0.15) is 31.9 Å². The molecule has 1 aliphatic rings. The highest BCUT2D eigenvalue weighted by molar-refractivity contribution is 6.01. The van der Waals surface area contributed by atoms with Gasteiger partial charge in [0, 0.05) is 24.1 Å². The van der Waals surface area contributed by atoms with Crippen LogP contribution in [0.15, 0.2) is 54.9 Å². The Morgan fingerprint density at radius 1 is 1.20 bits per heavy atom. The van der Waals surface area contributed by atoms with Gasteiger partial charge in [0.05, 0.1) is 6.04 Å². The molecule has 130 valence electrons. The summed E-state index contributed by atoms with van der Waals surface area (Å²) in [7, 11) is 0. The van der Waals surface area contributed by atoms with E-state index in [1.165, 1.54) is 0 Å². The van der Waals surface area contributed by atoms with Crippen molar-refractivity contribution in [3.05, 3.63) is 60.4 Å². The second kappa shape index (κ2) is 7.34. The number of benzene rings is 1. The zero-order chi connectivity index (χ0) is 17.8. The van der Waals surface area contributed by atoms with E-state index in [1.54, 1.807) is 17.3 Å². The number of amides is 3. The summed E-state index contributed by atoms with van der Waals surface area (Å²) in [5.74, 6) is -0.0783. The van der Waals surface area contributed by atoms with Crippen LogP contribution in [-0.4, -0.2) is 29.0 Å². The molecular formula is C19H22N4O2. The quantitative estimate of drug-likeness (QED) is 0.900. The third-order valence-corrected chi connectivity index (χ3v) is 4.45. The van der Waals surface area contributed by atoms with Crippen LogP contribution in [0.3, 0.4) is 0 Å². The molecule has 0 aliphatic carbocycles. The summed E-state index contributed by atoms with van der Waals surface area (Å²) in [6.45, 7) is 3.88. The molecule has 0 spiro atoms. The van der Waals surface area contributed by atoms with E-state index in [9.17, 15) is 9.59 Å². The third-order valence-electron chi connectivity index (χ3n) is 4.45. The number of urea groups is 1. The Labute approximate surface area is 147 Å². The van der Waals surface area contributed by atoms with Crippen LogP contribution >= 0.6 is 0 Å². The Kier molecular flexibility index (Phi) is 4.97. The van der Waals surface area contributed by atoms with Gasteiger partial charge in [-0.15, -0.1) is 0 Å². The second-order valence-corrected chi connectivity index (χ2v) is 6.30. The fourth-order valence-corrected chi connectivity index (χ4v) is 3.16. The van der Waals surface area contributed by atoms with Gasteiger partial charge in [-0.2, -0.15) is 0 Å². The smallest absolute Gasteiger partial charge is 0.315 e. The lowest BCUT2D eigenvalue weighted by Crippen LogP contribution is -2.46. The molecule has 1 saturated heterocycles. The number of carbonyl (C=O) groups excluding carboxylic acids is 2. The summed E-state index contributed by atoms with van der Waals surface area (Å²) in [6, 6.07) is 12.3. The number of hydrogen-bond donors (Lipinski definition) is 2. The highest BCUT2D eigenvalue weighted by Crippen LogP contribution is 2.26. The van der Waals surface area contributed by atoms with E-state index in [0.717, 1.165) is 11.3 Å². The number of aromatic nitrogens is 1. The van der Waals surface area contributed by atoms with Crippen molar-refractivity contribution in [1.82, 2.24) is 15.6 Å². The summed E-state index contributed by atoms with van der Waals surface area (Å²) in [6.07, 6.45) is 3.96. The molecule has 1 aromatic heterocycles. The Balaban J connectivity index is 1.61.